The fourth-order valence-electron chi connectivity index (χ4n) is 0.958. The molecule has 1 N–H and O–H groups in total. The fourth-order valence-corrected chi connectivity index (χ4v) is 1.72. The lowest BCUT2D eigenvalue weighted by Crippen LogP contribution is -2.25. The van der Waals surface area contributed by atoms with Crippen LogP contribution in [0, 0.1) is 0 Å². The summed E-state index contributed by atoms with van der Waals surface area (Å²) < 4.78 is 58.3. The molecule has 0 aromatic heterocycles. The molecule has 0 saturated heterocycles. The molecular weight excluding hydrogens is 312 g/mol. The molecule has 0 fully saturated rings. The smallest absolute Gasteiger partial charge is 0.178 e. The molecule has 0 rings (SSSR count). The van der Waals surface area contributed by atoms with E-state index in [-0.39, 0.29) is 45.4 Å². The molecule has 0 radical (unpaired) electrons. The number of rotatable bonds is 12. The Morgan fingerprint density at radius 2 is 1.30 bits per heavy atom. The van der Waals surface area contributed by atoms with Gasteiger partial charge in [-0.2, -0.15) is 0 Å². The zero-order valence-corrected chi connectivity index (χ0v) is 13.3. The van der Waals surface area contributed by atoms with Gasteiger partial charge in [-0.1, -0.05) is 0 Å². The predicted octanol–water partition coefficient (Wildman–Crippen LogP) is -1.56. The first kappa shape index (κ1) is 19.7. The Bertz CT molecular complexity index is 442. The first-order valence-corrected chi connectivity index (χ1v) is 9.92. The molecule has 0 aliphatic rings. The molecule has 0 aliphatic carbocycles. The maximum atomic E-state index is 10.8. The van der Waals surface area contributed by atoms with Crippen LogP contribution in [0.25, 0.3) is 0 Å². The summed E-state index contributed by atoms with van der Waals surface area (Å²) in [6, 6.07) is 0. The third-order valence-corrected chi connectivity index (χ3v) is 4.13. The molecule has 0 amide bonds. The van der Waals surface area contributed by atoms with Crippen molar-refractivity contribution in [2.24, 2.45) is 0 Å². The van der Waals surface area contributed by atoms with Crippen LogP contribution < -0.4 is 0 Å². The summed E-state index contributed by atoms with van der Waals surface area (Å²) in [6.07, 6.45) is 2.06. The van der Waals surface area contributed by atoms with Gasteiger partial charge in [0.25, 0.3) is 0 Å². The zero-order valence-electron chi connectivity index (χ0n) is 11.6. The van der Waals surface area contributed by atoms with Gasteiger partial charge in [-0.3, -0.25) is 0 Å². The van der Waals surface area contributed by atoms with Gasteiger partial charge in [0.1, 0.15) is 9.84 Å². The SMILES string of the molecule is CS(=O)(=O)CCOCCOCCOCC(O)S(C)(=O)=O. The Kier molecular flexibility index (Phi) is 9.51. The van der Waals surface area contributed by atoms with Crippen molar-refractivity contribution in [3.8, 4) is 0 Å². The van der Waals surface area contributed by atoms with Gasteiger partial charge in [-0.05, 0) is 0 Å². The van der Waals surface area contributed by atoms with E-state index >= 15 is 0 Å². The van der Waals surface area contributed by atoms with E-state index in [1.165, 1.54) is 0 Å². The largest absolute Gasteiger partial charge is 0.378 e. The maximum Gasteiger partial charge on any atom is 0.178 e. The molecule has 122 valence electrons. The first-order valence-electron chi connectivity index (χ1n) is 5.91. The van der Waals surface area contributed by atoms with E-state index in [1.807, 2.05) is 0 Å². The molecule has 8 nitrogen and oxygen atoms in total. The number of sulfone groups is 2. The quantitative estimate of drug-likeness (QED) is 0.426. The van der Waals surface area contributed by atoms with E-state index in [1.54, 1.807) is 0 Å². The Hall–Kier alpha value is -0.260. The van der Waals surface area contributed by atoms with Gasteiger partial charge in [0.15, 0.2) is 15.3 Å². The van der Waals surface area contributed by atoms with Crippen molar-refractivity contribution < 1.29 is 36.2 Å². The second kappa shape index (κ2) is 9.64. The summed E-state index contributed by atoms with van der Waals surface area (Å²) in [4.78, 5) is 0. The third-order valence-electron chi connectivity index (χ3n) is 2.10. The molecule has 1 unspecified atom stereocenters. The summed E-state index contributed by atoms with van der Waals surface area (Å²) in [5.41, 5.74) is -1.53. The van der Waals surface area contributed by atoms with Crippen LogP contribution in [0.1, 0.15) is 0 Å². The normalized spacial score (nSPS) is 14.3. The van der Waals surface area contributed by atoms with Crippen LogP contribution in [-0.4, -0.2) is 85.3 Å². The highest BCUT2D eigenvalue weighted by Crippen LogP contribution is 1.95. The van der Waals surface area contributed by atoms with Crippen molar-refractivity contribution in [2.45, 2.75) is 5.44 Å². The van der Waals surface area contributed by atoms with E-state index < -0.39 is 25.1 Å². The van der Waals surface area contributed by atoms with Crippen molar-refractivity contribution in [3.63, 3.8) is 0 Å². The summed E-state index contributed by atoms with van der Waals surface area (Å²) in [6.45, 7) is 0.747. The molecule has 0 aromatic rings. The van der Waals surface area contributed by atoms with E-state index in [0.717, 1.165) is 12.5 Å². The average Bonchev–Trinajstić information content (AvgIpc) is 2.28. The average molecular weight is 334 g/mol. The van der Waals surface area contributed by atoms with Crippen molar-refractivity contribution in [2.75, 3.05) is 57.9 Å². The van der Waals surface area contributed by atoms with Crippen LogP contribution in [-0.2, 0) is 33.9 Å². The molecule has 1 atom stereocenters. The van der Waals surface area contributed by atoms with Gasteiger partial charge in [0.05, 0.1) is 45.4 Å². The minimum absolute atomic E-state index is 0.0283. The highest BCUT2D eigenvalue weighted by Gasteiger charge is 2.16. The van der Waals surface area contributed by atoms with Gasteiger partial charge in [-0.25, -0.2) is 16.8 Å². The van der Waals surface area contributed by atoms with Crippen molar-refractivity contribution in [3.05, 3.63) is 0 Å². The van der Waals surface area contributed by atoms with E-state index in [4.69, 9.17) is 19.3 Å². The Labute approximate surface area is 119 Å². The Morgan fingerprint density at radius 1 is 0.850 bits per heavy atom. The van der Waals surface area contributed by atoms with Crippen LogP contribution in [0.5, 0.6) is 0 Å². The topological polar surface area (TPSA) is 116 Å². The molecule has 0 spiro atoms. The van der Waals surface area contributed by atoms with Crippen molar-refractivity contribution >= 4 is 19.7 Å². The molecule has 0 aromatic carbocycles. The van der Waals surface area contributed by atoms with Crippen molar-refractivity contribution in [1.29, 1.82) is 0 Å². The Morgan fingerprint density at radius 3 is 1.75 bits per heavy atom. The highest BCUT2D eigenvalue weighted by atomic mass is 32.2. The summed E-state index contributed by atoms with van der Waals surface area (Å²) in [5.74, 6) is -0.0283. The second-order valence-corrected chi connectivity index (χ2v) is 8.68. The molecular formula is C10H22O8S2. The predicted molar refractivity (Wildman–Crippen MR) is 73.0 cm³/mol. The van der Waals surface area contributed by atoms with Gasteiger partial charge < -0.3 is 19.3 Å². The molecule has 20 heavy (non-hydrogen) atoms. The van der Waals surface area contributed by atoms with E-state index in [0.29, 0.717) is 0 Å². The number of hydrogen-bond donors (Lipinski definition) is 1. The van der Waals surface area contributed by atoms with E-state index in [2.05, 4.69) is 0 Å². The van der Waals surface area contributed by atoms with Gasteiger partial charge >= 0.3 is 0 Å². The van der Waals surface area contributed by atoms with Crippen LogP contribution in [0.2, 0.25) is 0 Å². The first-order chi connectivity index (χ1) is 9.13. The Balaban J connectivity index is 3.34. The summed E-state index contributed by atoms with van der Waals surface area (Å²) in [5, 5.41) is 9.13. The number of aliphatic hydroxyl groups excluding tert-OH is 1. The van der Waals surface area contributed by atoms with Gasteiger partial charge in [0, 0.05) is 12.5 Å². The summed E-state index contributed by atoms with van der Waals surface area (Å²) >= 11 is 0. The number of hydrogen-bond acceptors (Lipinski definition) is 8. The van der Waals surface area contributed by atoms with Gasteiger partial charge in [-0.15, -0.1) is 0 Å². The van der Waals surface area contributed by atoms with Crippen LogP contribution in [0.15, 0.2) is 0 Å². The zero-order chi connectivity index (χ0) is 15.6. The van der Waals surface area contributed by atoms with Crippen LogP contribution in [0.4, 0.5) is 0 Å². The van der Waals surface area contributed by atoms with Crippen LogP contribution in [0.3, 0.4) is 0 Å². The van der Waals surface area contributed by atoms with Crippen LogP contribution >= 0.6 is 0 Å². The lowest BCUT2D eigenvalue weighted by Gasteiger charge is -2.09. The second-order valence-electron chi connectivity index (χ2n) is 4.21. The minimum Gasteiger partial charge on any atom is -0.378 e. The third kappa shape index (κ3) is 12.8. The highest BCUT2D eigenvalue weighted by molar-refractivity contribution is 7.91. The molecule has 0 bridgehead atoms. The van der Waals surface area contributed by atoms with Crippen molar-refractivity contribution in [1.82, 2.24) is 0 Å². The molecule has 0 heterocycles. The molecule has 0 saturated carbocycles. The standard InChI is InChI=1S/C10H22O8S2/c1-19(12,13)8-7-17-4-3-16-5-6-18-9-10(11)20(2,14)15/h10-11H,3-9H2,1-2H3. The molecule has 10 heteroatoms. The lowest BCUT2D eigenvalue weighted by atomic mass is 10.7. The van der Waals surface area contributed by atoms with Gasteiger partial charge in [0.2, 0.25) is 0 Å². The molecule has 0 aliphatic heterocycles. The fraction of sp³-hybridized carbons (Fsp3) is 1.00. The summed E-state index contributed by atoms with van der Waals surface area (Å²) in [7, 11) is -6.51. The monoisotopic (exact) mass is 334 g/mol. The number of ether oxygens (including phenoxy) is 3. The number of aliphatic hydroxyl groups is 1. The minimum atomic E-state index is -3.50. The van der Waals surface area contributed by atoms with E-state index in [9.17, 15) is 16.8 Å². The lowest BCUT2D eigenvalue weighted by molar-refractivity contribution is 0.00486. The maximum absolute atomic E-state index is 10.8.